The Bertz CT molecular complexity index is 852. The Morgan fingerprint density at radius 1 is 1.00 bits per heavy atom. The molecule has 0 spiro atoms. The molecule has 2 aromatic carbocycles. The summed E-state index contributed by atoms with van der Waals surface area (Å²) in [4.78, 5) is 20.7. The molecule has 0 aliphatic rings. The molecule has 0 fully saturated rings. The van der Waals surface area contributed by atoms with Crippen molar-refractivity contribution in [3.63, 3.8) is 0 Å². The number of rotatable bonds is 4. The van der Waals surface area contributed by atoms with Crippen molar-refractivity contribution in [3.8, 4) is 11.4 Å². The predicted octanol–water partition coefficient (Wildman–Crippen LogP) is 4.38. The first kappa shape index (κ1) is 16.4. The molecule has 0 atom stereocenters. The Morgan fingerprint density at radius 2 is 1.71 bits per heavy atom. The van der Waals surface area contributed by atoms with Gasteiger partial charge in [0.15, 0.2) is 5.82 Å². The van der Waals surface area contributed by atoms with Crippen LogP contribution < -0.4 is 5.32 Å². The van der Waals surface area contributed by atoms with Gasteiger partial charge in [-0.15, -0.1) is 0 Å². The van der Waals surface area contributed by atoms with Gasteiger partial charge in [-0.25, -0.2) is 9.97 Å². The fraction of sp³-hybridized carbons (Fsp3) is 0.0556. The van der Waals surface area contributed by atoms with E-state index in [4.69, 9.17) is 23.2 Å². The predicted molar refractivity (Wildman–Crippen MR) is 95.1 cm³/mol. The van der Waals surface area contributed by atoms with Gasteiger partial charge in [-0.3, -0.25) is 4.79 Å². The average molecular weight is 358 g/mol. The quantitative estimate of drug-likeness (QED) is 0.753. The number of hydrogen-bond acceptors (Lipinski definition) is 3. The van der Waals surface area contributed by atoms with E-state index in [9.17, 15) is 4.79 Å². The molecule has 4 nitrogen and oxygen atoms in total. The van der Waals surface area contributed by atoms with Gasteiger partial charge in [0.2, 0.25) is 0 Å². The molecule has 0 aliphatic carbocycles. The van der Waals surface area contributed by atoms with E-state index < -0.39 is 0 Å². The summed E-state index contributed by atoms with van der Waals surface area (Å²) in [6.07, 6.45) is 3.02. The van der Waals surface area contributed by atoms with Gasteiger partial charge in [0.05, 0.1) is 5.56 Å². The molecule has 0 saturated carbocycles. The molecule has 1 aromatic heterocycles. The summed E-state index contributed by atoms with van der Waals surface area (Å²) in [6, 6.07) is 14.7. The van der Waals surface area contributed by atoms with Crippen molar-refractivity contribution in [2.75, 3.05) is 0 Å². The van der Waals surface area contributed by atoms with Crippen LogP contribution in [-0.4, -0.2) is 15.9 Å². The summed E-state index contributed by atoms with van der Waals surface area (Å²) in [5.74, 6) is 0.313. The lowest BCUT2D eigenvalue weighted by atomic mass is 10.2. The number of nitrogens with zero attached hydrogens (tertiary/aromatic N) is 2. The number of carbonyl (C=O) groups is 1. The van der Waals surface area contributed by atoms with Gasteiger partial charge in [0.1, 0.15) is 0 Å². The molecule has 1 amide bonds. The van der Waals surface area contributed by atoms with Crippen LogP contribution in [0.15, 0.2) is 60.9 Å². The standard InChI is InChI=1S/C18H13Cl2N3O/c19-15-7-6-13(16(20)8-15)9-23-18(24)14-10-21-17(22-11-14)12-4-2-1-3-5-12/h1-8,10-11H,9H2,(H,23,24). The highest BCUT2D eigenvalue weighted by Crippen LogP contribution is 2.20. The zero-order chi connectivity index (χ0) is 16.9. The Balaban J connectivity index is 1.67. The van der Waals surface area contributed by atoms with Crippen LogP contribution in [0.5, 0.6) is 0 Å². The number of aromatic nitrogens is 2. The van der Waals surface area contributed by atoms with E-state index in [-0.39, 0.29) is 5.91 Å². The van der Waals surface area contributed by atoms with E-state index in [0.29, 0.717) is 28.0 Å². The molecule has 0 aliphatic heterocycles. The Kier molecular flexibility index (Phi) is 5.08. The summed E-state index contributed by atoms with van der Waals surface area (Å²) in [5.41, 5.74) is 2.08. The molecular formula is C18H13Cl2N3O. The maximum absolute atomic E-state index is 12.2. The van der Waals surface area contributed by atoms with E-state index in [2.05, 4.69) is 15.3 Å². The molecule has 6 heteroatoms. The van der Waals surface area contributed by atoms with Crippen LogP contribution in [0.4, 0.5) is 0 Å². The van der Waals surface area contributed by atoms with Crippen molar-refractivity contribution in [2.24, 2.45) is 0 Å². The molecule has 1 N–H and O–H groups in total. The molecule has 3 rings (SSSR count). The number of halogens is 2. The second-order valence-electron chi connectivity index (χ2n) is 5.08. The van der Waals surface area contributed by atoms with Crippen molar-refractivity contribution in [2.45, 2.75) is 6.54 Å². The molecule has 3 aromatic rings. The number of carbonyl (C=O) groups excluding carboxylic acids is 1. The van der Waals surface area contributed by atoms with E-state index >= 15 is 0 Å². The Labute approximate surface area is 149 Å². The van der Waals surface area contributed by atoms with Gasteiger partial charge >= 0.3 is 0 Å². The second-order valence-corrected chi connectivity index (χ2v) is 5.92. The van der Waals surface area contributed by atoms with Crippen LogP contribution in [0.25, 0.3) is 11.4 Å². The van der Waals surface area contributed by atoms with Crippen molar-refractivity contribution in [3.05, 3.63) is 82.1 Å². The van der Waals surface area contributed by atoms with Gasteiger partial charge in [-0.2, -0.15) is 0 Å². The van der Waals surface area contributed by atoms with Crippen LogP contribution in [0, 0.1) is 0 Å². The van der Waals surface area contributed by atoms with Gasteiger partial charge in [-0.05, 0) is 17.7 Å². The molecule has 0 saturated heterocycles. The number of hydrogen-bond donors (Lipinski definition) is 1. The largest absolute Gasteiger partial charge is 0.348 e. The summed E-state index contributed by atoms with van der Waals surface area (Å²) in [6.45, 7) is 0.301. The number of amides is 1. The average Bonchev–Trinajstić information content (AvgIpc) is 2.62. The third-order valence-corrected chi connectivity index (χ3v) is 3.99. The Morgan fingerprint density at radius 3 is 2.38 bits per heavy atom. The zero-order valence-electron chi connectivity index (χ0n) is 12.5. The van der Waals surface area contributed by atoms with Crippen molar-refractivity contribution < 1.29 is 4.79 Å². The summed E-state index contributed by atoms with van der Waals surface area (Å²) < 4.78 is 0. The lowest BCUT2D eigenvalue weighted by Crippen LogP contribution is -2.23. The fourth-order valence-corrected chi connectivity index (χ4v) is 2.60. The van der Waals surface area contributed by atoms with Crippen molar-refractivity contribution in [1.29, 1.82) is 0 Å². The van der Waals surface area contributed by atoms with Gasteiger partial charge in [0, 0.05) is 34.5 Å². The lowest BCUT2D eigenvalue weighted by molar-refractivity contribution is 0.0950. The minimum absolute atomic E-state index is 0.263. The highest BCUT2D eigenvalue weighted by molar-refractivity contribution is 6.35. The first-order valence-corrected chi connectivity index (χ1v) is 7.98. The highest BCUT2D eigenvalue weighted by Gasteiger charge is 2.09. The highest BCUT2D eigenvalue weighted by atomic mass is 35.5. The third-order valence-electron chi connectivity index (χ3n) is 3.40. The molecule has 0 unspecified atom stereocenters. The molecule has 1 heterocycles. The van der Waals surface area contributed by atoms with Gasteiger partial charge in [-0.1, -0.05) is 59.6 Å². The first-order valence-electron chi connectivity index (χ1n) is 7.23. The van der Waals surface area contributed by atoms with E-state index in [1.807, 2.05) is 30.3 Å². The minimum Gasteiger partial charge on any atom is -0.348 e. The van der Waals surface area contributed by atoms with Gasteiger partial charge in [0.25, 0.3) is 5.91 Å². The van der Waals surface area contributed by atoms with E-state index in [1.165, 1.54) is 12.4 Å². The topological polar surface area (TPSA) is 54.9 Å². The van der Waals surface area contributed by atoms with Crippen LogP contribution in [0.3, 0.4) is 0 Å². The summed E-state index contributed by atoms with van der Waals surface area (Å²) in [5, 5.41) is 3.86. The maximum atomic E-state index is 12.2. The molecule has 0 radical (unpaired) electrons. The van der Waals surface area contributed by atoms with E-state index in [0.717, 1.165) is 11.1 Å². The summed E-state index contributed by atoms with van der Waals surface area (Å²) >= 11 is 11.9. The van der Waals surface area contributed by atoms with Crippen LogP contribution in [0.1, 0.15) is 15.9 Å². The third kappa shape index (κ3) is 3.91. The Hall–Kier alpha value is -2.43. The maximum Gasteiger partial charge on any atom is 0.254 e. The van der Waals surface area contributed by atoms with E-state index in [1.54, 1.807) is 18.2 Å². The van der Waals surface area contributed by atoms with Gasteiger partial charge < -0.3 is 5.32 Å². The van der Waals surface area contributed by atoms with Crippen molar-refractivity contribution >= 4 is 29.1 Å². The molecule has 24 heavy (non-hydrogen) atoms. The van der Waals surface area contributed by atoms with Crippen LogP contribution in [-0.2, 0) is 6.54 Å². The van der Waals surface area contributed by atoms with Crippen molar-refractivity contribution in [1.82, 2.24) is 15.3 Å². The molecule has 120 valence electrons. The van der Waals surface area contributed by atoms with Crippen LogP contribution >= 0.6 is 23.2 Å². The smallest absolute Gasteiger partial charge is 0.254 e. The fourth-order valence-electron chi connectivity index (χ4n) is 2.12. The SMILES string of the molecule is O=C(NCc1ccc(Cl)cc1Cl)c1cnc(-c2ccccc2)nc1. The normalized spacial score (nSPS) is 10.4. The second kappa shape index (κ2) is 7.43. The minimum atomic E-state index is -0.263. The van der Waals surface area contributed by atoms with Crippen LogP contribution in [0.2, 0.25) is 10.0 Å². The molecular weight excluding hydrogens is 345 g/mol. The zero-order valence-corrected chi connectivity index (χ0v) is 14.1. The first-order chi connectivity index (χ1) is 11.6. The monoisotopic (exact) mass is 357 g/mol. The summed E-state index contributed by atoms with van der Waals surface area (Å²) in [7, 11) is 0. The number of nitrogens with one attached hydrogen (secondary N) is 1. The number of benzene rings is 2. The lowest BCUT2D eigenvalue weighted by Gasteiger charge is -2.07. The molecule has 0 bridgehead atoms.